The molecule has 1 saturated heterocycles. The van der Waals surface area contributed by atoms with Crippen LogP contribution in [0.1, 0.15) is 6.92 Å². The van der Waals surface area contributed by atoms with Crippen molar-refractivity contribution in [3.05, 3.63) is 16.6 Å². The molecule has 0 aliphatic carbocycles. The Morgan fingerprint density at radius 2 is 2.12 bits per heavy atom. The van der Waals surface area contributed by atoms with Crippen molar-refractivity contribution < 1.29 is 5.11 Å². The Bertz CT molecular complexity index is 587. The third kappa shape index (κ3) is 1.74. The first-order valence-corrected chi connectivity index (χ1v) is 5.89. The maximum absolute atomic E-state index is 9.73. The molecule has 1 fully saturated rings. The zero-order valence-corrected chi connectivity index (χ0v) is 10.5. The third-order valence-electron chi connectivity index (χ3n) is 2.84. The Labute approximate surface area is 107 Å². The summed E-state index contributed by atoms with van der Waals surface area (Å²) >= 11 is 11.8. The molecule has 2 aromatic rings. The normalized spacial score (nSPS) is 18.5. The summed E-state index contributed by atoms with van der Waals surface area (Å²) in [5, 5.41) is 10.9. The third-order valence-corrected chi connectivity index (χ3v) is 3.29. The van der Waals surface area contributed by atoms with Gasteiger partial charge in [-0.25, -0.2) is 4.98 Å². The molecule has 0 amide bonds. The minimum atomic E-state index is -0.636. The lowest BCUT2D eigenvalue weighted by molar-refractivity contribution is 0.0312. The van der Waals surface area contributed by atoms with Crippen molar-refractivity contribution in [2.24, 2.45) is 0 Å². The van der Waals surface area contributed by atoms with E-state index in [1.807, 2.05) is 4.90 Å². The molecule has 7 heteroatoms. The molecular formula is C10H10Cl2N4O. The van der Waals surface area contributed by atoms with E-state index in [1.54, 1.807) is 13.1 Å². The highest BCUT2D eigenvalue weighted by atomic mass is 35.5. The molecule has 0 bridgehead atoms. The lowest BCUT2D eigenvalue weighted by Gasteiger charge is -2.45. The molecule has 2 N–H and O–H groups in total. The van der Waals surface area contributed by atoms with Crippen LogP contribution in [-0.4, -0.2) is 38.7 Å². The van der Waals surface area contributed by atoms with Gasteiger partial charge >= 0.3 is 0 Å². The van der Waals surface area contributed by atoms with Gasteiger partial charge in [0, 0.05) is 19.3 Å². The smallest absolute Gasteiger partial charge is 0.225 e. The van der Waals surface area contributed by atoms with Crippen LogP contribution in [0.25, 0.3) is 11.0 Å². The largest absolute Gasteiger partial charge is 0.386 e. The number of hydrogen-bond acceptors (Lipinski definition) is 4. The van der Waals surface area contributed by atoms with E-state index in [-0.39, 0.29) is 5.28 Å². The van der Waals surface area contributed by atoms with Crippen molar-refractivity contribution in [2.75, 3.05) is 18.0 Å². The van der Waals surface area contributed by atoms with Crippen LogP contribution in [0, 0.1) is 0 Å². The van der Waals surface area contributed by atoms with E-state index in [1.165, 1.54) is 0 Å². The van der Waals surface area contributed by atoms with E-state index >= 15 is 0 Å². The Hall–Kier alpha value is -1.04. The number of aromatic nitrogens is 3. The topological polar surface area (TPSA) is 65.0 Å². The van der Waals surface area contributed by atoms with Gasteiger partial charge < -0.3 is 15.0 Å². The number of anilines is 1. The number of nitrogens with zero attached hydrogens (tertiary/aromatic N) is 3. The van der Waals surface area contributed by atoms with Crippen LogP contribution in [0.3, 0.4) is 0 Å². The summed E-state index contributed by atoms with van der Waals surface area (Å²) in [4.78, 5) is 13.0. The van der Waals surface area contributed by atoms with Crippen LogP contribution in [0.15, 0.2) is 6.20 Å². The molecule has 0 aromatic carbocycles. The van der Waals surface area contributed by atoms with E-state index in [4.69, 9.17) is 23.2 Å². The van der Waals surface area contributed by atoms with Crippen LogP contribution in [0.4, 0.5) is 5.69 Å². The SMILES string of the molecule is CC1(O)CN(c2c[nH]c3nc(Cl)nc(Cl)c23)C1. The number of H-pyrrole nitrogens is 1. The summed E-state index contributed by atoms with van der Waals surface area (Å²) in [5.74, 6) is 0. The van der Waals surface area contributed by atoms with Crippen LogP contribution in [0.2, 0.25) is 10.4 Å². The first kappa shape index (κ1) is 11.1. The van der Waals surface area contributed by atoms with Gasteiger partial charge in [-0.3, -0.25) is 0 Å². The Morgan fingerprint density at radius 1 is 1.41 bits per heavy atom. The van der Waals surface area contributed by atoms with E-state index in [0.717, 1.165) is 11.1 Å². The average molecular weight is 273 g/mol. The zero-order valence-electron chi connectivity index (χ0n) is 9.04. The predicted octanol–water partition coefficient (Wildman–Crippen LogP) is 1.84. The predicted molar refractivity (Wildman–Crippen MR) is 66.7 cm³/mol. The van der Waals surface area contributed by atoms with Crippen molar-refractivity contribution in [1.82, 2.24) is 15.0 Å². The molecule has 1 aliphatic rings. The van der Waals surface area contributed by atoms with E-state index < -0.39 is 5.60 Å². The van der Waals surface area contributed by atoms with Crippen molar-refractivity contribution in [3.8, 4) is 0 Å². The molecular weight excluding hydrogens is 263 g/mol. The van der Waals surface area contributed by atoms with Crippen molar-refractivity contribution in [1.29, 1.82) is 0 Å². The van der Waals surface area contributed by atoms with E-state index in [0.29, 0.717) is 23.9 Å². The number of hydrogen-bond donors (Lipinski definition) is 2. The number of halogens is 2. The van der Waals surface area contributed by atoms with Gasteiger partial charge in [0.15, 0.2) is 0 Å². The highest BCUT2D eigenvalue weighted by Gasteiger charge is 2.38. The van der Waals surface area contributed by atoms with Gasteiger partial charge in [-0.2, -0.15) is 4.98 Å². The summed E-state index contributed by atoms with van der Waals surface area (Å²) in [6, 6.07) is 0. The molecule has 2 aromatic heterocycles. The van der Waals surface area contributed by atoms with E-state index in [2.05, 4.69) is 15.0 Å². The number of fused-ring (bicyclic) bond motifs is 1. The molecule has 0 spiro atoms. The number of rotatable bonds is 1. The van der Waals surface area contributed by atoms with E-state index in [9.17, 15) is 5.11 Å². The average Bonchev–Trinajstić information content (AvgIpc) is 2.57. The summed E-state index contributed by atoms with van der Waals surface area (Å²) < 4.78 is 0. The van der Waals surface area contributed by atoms with Crippen molar-refractivity contribution >= 4 is 39.9 Å². The first-order valence-electron chi connectivity index (χ1n) is 5.14. The van der Waals surface area contributed by atoms with Crippen LogP contribution in [-0.2, 0) is 0 Å². The molecule has 0 atom stereocenters. The minimum absolute atomic E-state index is 0.117. The van der Waals surface area contributed by atoms with Gasteiger partial charge in [-0.1, -0.05) is 11.6 Å². The molecule has 3 heterocycles. The lowest BCUT2D eigenvalue weighted by Crippen LogP contribution is -2.60. The van der Waals surface area contributed by atoms with Crippen LogP contribution >= 0.6 is 23.2 Å². The molecule has 5 nitrogen and oxygen atoms in total. The minimum Gasteiger partial charge on any atom is -0.386 e. The molecule has 3 rings (SSSR count). The number of aliphatic hydroxyl groups is 1. The van der Waals surface area contributed by atoms with Gasteiger partial charge in [-0.05, 0) is 18.5 Å². The zero-order chi connectivity index (χ0) is 12.2. The van der Waals surface area contributed by atoms with Gasteiger partial charge in [0.25, 0.3) is 0 Å². The second-order valence-electron chi connectivity index (χ2n) is 4.53. The fourth-order valence-electron chi connectivity index (χ4n) is 2.14. The summed E-state index contributed by atoms with van der Waals surface area (Å²) in [5.41, 5.74) is 0.869. The second-order valence-corrected chi connectivity index (χ2v) is 5.23. The maximum atomic E-state index is 9.73. The number of nitrogens with one attached hydrogen (secondary N) is 1. The molecule has 1 aliphatic heterocycles. The Morgan fingerprint density at radius 3 is 2.76 bits per heavy atom. The van der Waals surface area contributed by atoms with Crippen LogP contribution < -0.4 is 4.90 Å². The number of β-amino-alcohol motifs (C(OH)–C–C–N with tert-alkyl or cyclic N) is 1. The highest BCUT2D eigenvalue weighted by Crippen LogP contribution is 2.36. The monoisotopic (exact) mass is 272 g/mol. The second kappa shape index (κ2) is 3.48. The molecule has 17 heavy (non-hydrogen) atoms. The van der Waals surface area contributed by atoms with Gasteiger partial charge in [0.2, 0.25) is 5.28 Å². The van der Waals surface area contributed by atoms with Gasteiger partial charge in [0.1, 0.15) is 10.8 Å². The maximum Gasteiger partial charge on any atom is 0.225 e. The van der Waals surface area contributed by atoms with Gasteiger partial charge in [0.05, 0.1) is 16.7 Å². The lowest BCUT2D eigenvalue weighted by atomic mass is 9.96. The Kier molecular flexibility index (Phi) is 2.26. The van der Waals surface area contributed by atoms with Gasteiger partial charge in [-0.15, -0.1) is 0 Å². The molecule has 0 saturated carbocycles. The first-order chi connectivity index (χ1) is 7.96. The molecule has 0 unspecified atom stereocenters. The van der Waals surface area contributed by atoms with Crippen LogP contribution in [0.5, 0.6) is 0 Å². The fraction of sp³-hybridized carbons (Fsp3) is 0.400. The summed E-state index contributed by atoms with van der Waals surface area (Å²) in [6.45, 7) is 2.94. The fourth-order valence-corrected chi connectivity index (χ4v) is 2.62. The van der Waals surface area contributed by atoms with Crippen molar-refractivity contribution in [3.63, 3.8) is 0 Å². The Balaban J connectivity index is 2.07. The summed E-state index contributed by atoms with van der Waals surface area (Å²) in [7, 11) is 0. The quantitative estimate of drug-likeness (QED) is 0.614. The highest BCUT2D eigenvalue weighted by molar-refractivity contribution is 6.36. The summed E-state index contributed by atoms with van der Waals surface area (Å²) in [6.07, 6.45) is 1.80. The number of aromatic amines is 1. The van der Waals surface area contributed by atoms with Crippen molar-refractivity contribution in [2.45, 2.75) is 12.5 Å². The molecule has 0 radical (unpaired) electrons. The molecule has 90 valence electrons. The standard InChI is InChI=1S/C10H10Cl2N4O/c1-10(17)3-16(4-10)5-2-13-8-6(5)7(11)14-9(12)15-8/h2,17H,3-4H2,1H3,(H,13,14,15).